The number of aromatic carboxylic acids is 1. The first-order valence-corrected chi connectivity index (χ1v) is 7.35. The Balaban J connectivity index is 2.20. The standard InChI is InChI=1S/C16H18O3S/c1-10(2)14-8-13(15(20-14)16(17)18)19-9-12-7-5-4-6-11(12)3/h4-8,10H,9H2,1-3H3,(H,17,18). The summed E-state index contributed by atoms with van der Waals surface area (Å²) in [6.07, 6.45) is 0. The fourth-order valence-electron chi connectivity index (χ4n) is 1.86. The second kappa shape index (κ2) is 6.09. The number of carboxylic acids is 1. The summed E-state index contributed by atoms with van der Waals surface area (Å²) < 4.78 is 5.73. The van der Waals surface area contributed by atoms with Gasteiger partial charge in [-0.05, 0) is 30.0 Å². The highest BCUT2D eigenvalue weighted by atomic mass is 32.1. The Labute approximate surface area is 122 Å². The van der Waals surface area contributed by atoms with Crippen molar-refractivity contribution in [2.45, 2.75) is 33.3 Å². The summed E-state index contributed by atoms with van der Waals surface area (Å²) in [6, 6.07) is 9.78. The van der Waals surface area contributed by atoms with E-state index >= 15 is 0 Å². The van der Waals surface area contributed by atoms with Crippen LogP contribution >= 0.6 is 11.3 Å². The lowest BCUT2D eigenvalue weighted by Gasteiger charge is -2.07. The number of rotatable bonds is 5. The molecule has 20 heavy (non-hydrogen) atoms. The Morgan fingerprint density at radius 2 is 2.05 bits per heavy atom. The van der Waals surface area contributed by atoms with Crippen LogP contribution in [0.5, 0.6) is 5.75 Å². The largest absolute Gasteiger partial charge is 0.487 e. The van der Waals surface area contributed by atoms with E-state index in [-0.39, 0.29) is 4.88 Å². The fourth-order valence-corrected chi connectivity index (χ4v) is 2.80. The Bertz CT molecular complexity index is 614. The van der Waals surface area contributed by atoms with Crippen molar-refractivity contribution in [2.75, 3.05) is 0 Å². The summed E-state index contributed by atoms with van der Waals surface area (Å²) in [5.74, 6) is -0.162. The molecule has 2 rings (SSSR count). The molecule has 0 bridgehead atoms. The van der Waals surface area contributed by atoms with Gasteiger partial charge in [0.1, 0.15) is 12.4 Å². The molecule has 0 unspecified atom stereocenters. The third-order valence-electron chi connectivity index (χ3n) is 3.12. The Hall–Kier alpha value is -1.81. The van der Waals surface area contributed by atoms with Gasteiger partial charge in [0.05, 0.1) is 0 Å². The van der Waals surface area contributed by atoms with Crippen molar-refractivity contribution >= 4 is 17.3 Å². The Kier molecular flexibility index (Phi) is 4.45. The zero-order valence-corrected chi connectivity index (χ0v) is 12.7. The van der Waals surface area contributed by atoms with E-state index in [0.717, 1.165) is 16.0 Å². The van der Waals surface area contributed by atoms with Crippen LogP contribution in [0.25, 0.3) is 0 Å². The van der Waals surface area contributed by atoms with Crippen LogP contribution in [0.1, 0.15) is 45.4 Å². The molecular formula is C16H18O3S. The van der Waals surface area contributed by atoms with E-state index in [2.05, 4.69) is 0 Å². The van der Waals surface area contributed by atoms with E-state index in [1.807, 2.05) is 51.1 Å². The van der Waals surface area contributed by atoms with E-state index in [4.69, 9.17) is 4.74 Å². The van der Waals surface area contributed by atoms with E-state index in [1.165, 1.54) is 11.3 Å². The molecule has 0 aliphatic rings. The van der Waals surface area contributed by atoms with E-state index in [9.17, 15) is 9.90 Å². The molecule has 0 saturated heterocycles. The van der Waals surface area contributed by atoms with Gasteiger partial charge in [0.2, 0.25) is 0 Å². The third-order valence-corrected chi connectivity index (χ3v) is 4.53. The van der Waals surface area contributed by atoms with Crippen molar-refractivity contribution in [3.05, 3.63) is 51.2 Å². The number of carboxylic acid groups (broad SMARTS) is 1. The average Bonchev–Trinajstić information content (AvgIpc) is 2.82. The zero-order valence-electron chi connectivity index (χ0n) is 11.8. The second-order valence-electron chi connectivity index (χ2n) is 5.02. The highest BCUT2D eigenvalue weighted by Gasteiger charge is 2.18. The molecule has 3 nitrogen and oxygen atoms in total. The molecule has 106 valence electrons. The predicted molar refractivity (Wildman–Crippen MR) is 80.9 cm³/mol. The quantitative estimate of drug-likeness (QED) is 0.884. The van der Waals surface area contributed by atoms with Gasteiger partial charge in [-0.1, -0.05) is 38.1 Å². The molecule has 1 N–H and O–H groups in total. The SMILES string of the molecule is Cc1ccccc1COc1cc(C(C)C)sc1C(=O)O. The van der Waals surface area contributed by atoms with Gasteiger partial charge in [-0.2, -0.15) is 0 Å². The lowest BCUT2D eigenvalue weighted by molar-refractivity contribution is 0.0697. The number of aryl methyl sites for hydroxylation is 1. The highest BCUT2D eigenvalue weighted by Crippen LogP contribution is 2.34. The minimum atomic E-state index is -0.929. The smallest absolute Gasteiger partial charge is 0.349 e. The van der Waals surface area contributed by atoms with Crippen LogP contribution in [0.15, 0.2) is 30.3 Å². The van der Waals surface area contributed by atoms with Crippen molar-refractivity contribution in [1.82, 2.24) is 0 Å². The Morgan fingerprint density at radius 3 is 2.65 bits per heavy atom. The first-order valence-electron chi connectivity index (χ1n) is 6.53. The van der Waals surface area contributed by atoms with Gasteiger partial charge in [0.25, 0.3) is 0 Å². The molecule has 1 aromatic carbocycles. The molecule has 0 fully saturated rings. The maximum atomic E-state index is 11.3. The van der Waals surface area contributed by atoms with Crippen LogP contribution in [0.2, 0.25) is 0 Å². The van der Waals surface area contributed by atoms with Crippen LogP contribution in [0.3, 0.4) is 0 Å². The molecule has 0 aliphatic carbocycles. The number of benzene rings is 1. The van der Waals surface area contributed by atoms with Crippen molar-refractivity contribution in [2.24, 2.45) is 0 Å². The molecule has 1 aromatic heterocycles. The lowest BCUT2D eigenvalue weighted by Crippen LogP contribution is -2.01. The van der Waals surface area contributed by atoms with Crippen molar-refractivity contribution in [1.29, 1.82) is 0 Å². The van der Waals surface area contributed by atoms with Gasteiger partial charge in [-0.15, -0.1) is 11.3 Å². The minimum Gasteiger partial charge on any atom is -0.487 e. The van der Waals surface area contributed by atoms with E-state index < -0.39 is 5.97 Å². The summed E-state index contributed by atoms with van der Waals surface area (Å²) in [4.78, 5) is 12.6. The van der Waals surface area contributed by atoms with Gasteiger partial charge in [0, 0.05) is 4.88 Å². The maximum Gasteiger partial charge on any atom is 0.349 e. The molecule has 1 heterocycles. The van der Waals surface area contributed by atoms with Gasteiger partial charge >= 0.3 is 5.97 Å². The van der Waals surface area contributed by atoms with Crippen LogP contribution in [-0.4, -0.2) is 11.1 Å². The maximum absolute atomic E-state index is 11.3. The van der Waals surface area contributed by atoms with Crippen LogP contribution in [0, 0.1) is 6.92 Å². The van der Waals surface area contributed by atoms with Gasteiger partial charge < -0.3 is 9.84 Å². The highest BCUT2D eigenvalue weighted by molar-refractivity contribution is 7.14. The van der Waals surface area contributed by atoms with E-state index in [1.54, 1.807) is 0 Å². The topological polar surface area (TPSA) is 46.5 Å². The van der Waals surface area contributed by atoms with Crippen molar-refractivity contribution in [3.8, 4) is 5.75 Å². The number of hydrogen-bond acceptors (Lipinski definition) is 3. The van der Waals surface area contributed by atoms with Crippen LogP contribution in [0.4, 0.5) is 0 Å². The summed E-state index contributed by atoms with van der Waals surface area (Å²) in [5.41, 5.74) is 2.21. The van der Waals surface area contributed by atoms with Crippen LogP contribution < -0.4 is 4.74 Å². The summed E-state index contributed by atoms with van der Waals surface area (Å²) in [7, 11) is 0. The molecule has 0 aliphatic heterocycles. The normalized spacial score (nSPS) is 10.8. The molecule has 2 aromatic rings. The van der Waals surface area contributed by atoms with Gasteiger partial charge in [0.15, 0.2) is 4.88 Å². The predicted octanol–water partition coefficient (Wildman–Crippen LogP) is 4.46. The molecule has 0 saturated carbocycles. The molecule has 0 atom stereocenters. The summed E-state index contributed by atoms with van der Waals surface area (Å²) >= 11 is 1.29. The monoisotopic (exact) mass is 290 g/mol. The molecule has 0 amide bonds. The minimum absolute atomic E-state index is 0.280. The second-order valence-corrected chi connectivity index (χ2v) is 6.10. The molecule has 0 spiro atoms. The Morgan fingerprint density at radius 1 is 1.35 bits per heavy atom. The number of carbonyl (C=O) groups is 1. The van der Waals surface area contributed by atoms with Crippen LogP contribution in [-0.2, 0) is 6.61 Å². The van der Waals surface area contributed by atoms with Crippen molar-refractivity contribution < 1.29 is 14.6 Å². The first kappa shape index (κ1) is 14.6. The average molecular weight is 290 g/mol. The number of thiophene rings is 1. The van der Waals surface area contributed by atoms with Crippen molar-refractivity contribution in [3.63, 3.8) is 0 Å². The summed E-state index contributed by atoms with van der Waals surface area (Å²) in [6.45, 7) is 6.50. The fraction of sp³-hybridized carbons (Fsp3) is 0.312. The number of hydrogen-bond donors (Lipinski definition) is 1. The summed E-state index contributed by atoms with van der Waals surface area (Å²) in [5, 5.41) is 9.24. The third kappa shape index (κ3) is 3.20. The lowest BCUT2D eigenvalue weighted by atomic mass is 10.1. The first-order chi connectivity index (χ1) is 9.49. The molecule has 4 heteroatoms. The van der Waals surface area contributed by atoms with E-state index in [0.29, 0.717) is 18.3 Å². The molecular weight excluding hydrogens is 272 g/mol. The van der Waals surface area contributed by atoms with Gasteiger partial charge in [-0.25, -0.2) is 4.79 Å². The molecule has 0 radical (unpaired) electrons. The van der Waals surface area contributed by atoms with Gasteiger partial charge in [-0.3, -0.25) is 0 Å². The zero-order chi connectivity index (χ0) is 14.7. The number of ether oxygens (including phenoxy) is 1.